The molecule has 3 fully saturated rings. The zero-order valence-electron chi connectivity index (χ0n) is 23.0. The molecule has 0 radical (unpaired) electrons. The molecule has 0 bridgehead atoms. The molecule has 2 aromatic heterocycles. The second-order valence-corrected chi connectivity index (χ2v) is 11.8. The van der Waals surface area contributed by atoms with Gasteiger partial charge in [-0.2, -0.15) is 4.98 Å². The number of carbonyl (C=O) groups is 1. The third-order valence-corrected chi connectivity index (χ3v) is 8.88. The lowest BCUT2D eigenvalue weighted by molar-refractivity contribution is -0.129. The van der Waals surface area contributed by atoms with Gasteiger partial charge in [0.05, 0.1) is 6.10 Å². The van der Waals surface area contributed by atoms with Crippen LogP contribution in [0.1, 0.15) is 68.9 Å². The van der Waals surface area contributed by atoms with Crippen molar-refractivity contribution in [2.24, 2.45) is 5.41 Å². The maximum Gasteiger partial charge on any atom is 0.230 e. The number of amides is 1. The molecule has 9 nitrogen and oxygen atoms in total. The van der Waals surface area contributed by atoms with Crippen molar-refractivity contribution < 1.29 is 19.2 Å². The summed E-state index contributed by atoms with van der Waals surface area (Å²) in [5.74, 6) is 2.10. The number of hydrogen-bond donors (Lipinski definition) is 1. The Morgan fingerprint density at radius 3 is 2.44 bits per heavy atom. The molecule has 3 aromatic rings. The highest BCUT2D eigenvalue weighted by atomic mass is 16.5. The number of aromatic nitrogens is 3. The normalized spacial score (nSPS) is 21.6. The van der Waals surface area contributed by atoms with Gasteiger partial charge < -0.3 is 24.2 Å². The van der Waals surface area contributed by atoms with Gasteiger partial charge in [-0.3, -0.25) is 9.78 Å². The van der Waals surface area contributed by atoms with Gasteiger partial charge in [0.2, 0.25) is 17.6 Å². The Morgan fingerprint density at radius 2 is 1.82 bits per heavy atom. The summed E-state index contributed by atoms with van der Waals surface area (Å²) in [4.78, 5) is 24.9. The standard InChI is InChI=1S/C30H37N5O4/c1-20(36)35-13-11-21(12-14-35)28-32-27(33-39-28)22-15-24(17-31-16-22)30(37,29(2)18-34(3)19-29)23-7-9-26(10-8-23)38-25-5-4-6-25/h7-10,15-17,21,25,37H,4-6,11-14,18-19H2,1-3H3/t30-/m0/s1. The second kappa shape index (κ2) is 10.0. The Bertz CT molecular complexity index is 1320. The summed E-state index contributed by atoms with van der Waals surface area (Å²) in [6, 6.07) is 9.81. The molecule has 2 saturated heterocycles. The largest absolute Gasteiger partial charge is 0.490 e. The predicted molar refractivity (Wildman–Crippen MR) is 145 cm³/mol. The molecular weight excluding hydrogens is 494 g/mol. The number of rotatable bonds is 7. The molecule has 1 N–H and O–H groups in total. The summed E-state index contributed by atoms with van der Waals surface area (Å²) < 4.78 is 11.7. The average molecular weight is 532 g/mol. The van der Waals surface area contributed by atoms with Gasteiger partial charge in [0, 0.05) is 68.0 Å². The lowest BCUT2D eigenvalue weighted by atomic mass is 9.62. The third-order valence-electron chi connectivity index (χ3n) is 8.88. The Kier molecular flexibility index (Phi) is 6.67. The molecule has 6 rings (SSSR count). The van der Waals surface area contributed by atoms with Gasteiger partial charge in [0.1, 0.15) is 11.4 Å². The second-order valence-electron chi connectivity index (χ2n) is 11.8. The van der Waals surface area contributed by atoms with Crippen molar-refractivity contribution in [1.29, 1.82) is 0 Å². The topological polar surface area (TPSA) is 105 Å². The summed E-state index contributed by atoms with van der Waals surface area (Å²) in [5, 5.41) is 16.8. The number of piperidine rings is 1. The van der Waals surface area contributed by atoms with E-state index in [-0.39, 0.29) is 11.8 Å². The highest BCUT2D eigenvalue weighted by Gasteiger charge is 2.55. The van der Waals surface area contributed by atoms with E-state index in [4.69, 9.17) is 14.2 Å². The number of benzene rings is 1. The zero-order valence-corrected chi connectivity index (χ0v) is 23.0. The van der Waals surface area contributed by atoms with Gasteiger partial charge in [0.15, 0.2) is 0 Å². The zero-order chi connectivity index (χ0) is 27.2. The van der Waals surface area contributed by atoms with E-state index in [1.54, 1.807) is 19.3 Å². The van der Waals surface area contributed by atoms with Crippen LogP contribution in [0.2, 0.25) is 0 Å². The van der Waals surface area contributed by atoms with E-state index >= 15 is 0 Å². The SMILES string of the molecule is CC(=O)N1CCC(c2nc(-c3cncc([C@@](O)(c4ccc(OC5CCC5)cc4)C4(C)CN(C)C4)c3)no2)CC1. The molecule has 1 atom stereocenters. The number of nitrogens with zero attached hydrogens (tertiary/aromatic N) is 5. The molecule has 4 heterocycles. The molecular formula is C30H37N5O4. The van der Waals surface area contributed by atoms with Crippen LogP contribution in [0.5, 0.6) is 5.75 Å². The van der Waals surface area contributed by atoms with Gasteiger partial charge in [-0.05, 0) is 62.9 Å². The lowest BCUT2D eigenvalue weighted by Gasteiger charge is -2.55. The van der Waals surface area contributed by atoms with Gasteiger partial charge >= 0.3 is 0 Å². The first-order valence-electron chi connectivity index (χ1n) is 14.0. The van der Waals surface area contributed by atoms with E-state index in [0.29, 0.717) is 42.0 Å². The molecule has 1 aromatic carbocycles. The Labute approximate surface area is 229 Å². The van der Waals surface area contributed by atoms with Crippen molar-refractivity contribution in [3.63, 3.8) is 0 Å². The summed E-state index contributed by atoms with van der Waals surface area (Å²) in [6.07, 6.45) is 8.77. The predicted octanol–water partition coefficient (Wildman–Crippen LogP) is 3.98. The third kappa shape index (κ3) is 4.72. The van der Waals surface area contributed by atoms with E-state index in [2.05, 4.69) is 29.0 Å². The smallest absolute Gasteiger partial charge is 0.230 e. The van der Waals surface area contributed by atoms with Crippen molar-refractivity contribution >= 4 is 5.91 Å². The molecule has 0 spiro atoms. The highest BCUT2D eigenvalue weighted by Crippen LogP contribution is 2.50. The number of aliphatic hydroxyl groups is 1. The maximum atomic E-state index is 12.5. The minimum Gasteiger partial charge on any atom is -0.490 e. The van der Waals surface area contributed by atoms with E-state index in [9.17, 15) is 9.90 Å². The molecule has 3 aliphatic rings. The molecule has 206 valence electrons. The first kappa shape index (κ1) is 26.0. The van der Waals surface area contributed by atoms with E-state index in [0.717, 1.165) is 50.1 Å². The van der Waals surface area contributed by atoms with Gasteiger partial charge in [-0.25, -0.2) is 0 Å². The van der Waals surface area contributed by atoms with Crippen LogP contribution in [0, 0.1) is 5.41 Å². The van der Waals surface area contributed by atoms with Crippen molar-refractivity contribution in [2.45, 2.75) is 63.6 Å². The molecule has 2 aliphatic heterocycles. The molecule has 0 unspecified atom stereocenters. The number of ether oxygens (including phenoxy) is 1. The first-order chi connectivity index (χ1) is 18.7. The van der Waals surface area contributed by atoms with Gasteiger partial charge in [0.25, 0.3) is 0 Å². The Hall–Kier alpha value is -3.30. The number of pyridine rings is 1. The highest BCUT2D eigenvalue weighted by molar-refractivity contribution is 5.73. The quantitative estimate of drug-likeness (QED) is 0.488. The summed E-state index contributed by atoms with van der Waals surface area (Å²) in [5.41, 5.74) is 0.520. The minimum absolute atomic E-state index is 0.0990. The number of hydrogen-bond acceptors (Lipinski definition) is 8. The summed E-state index contributed by atoms with van der Waals surface area (Å²) in [6.45, 7) is 6.61. The lowest BCUT2D eigenvalue weighted by Crippen LogP contribution is -2.63. The molecule has 39 heavy (non-hydrogen) atoms. The Morgan fingerprint density at radius 1 is 1.10 bits per heavy atom. The van der Waals surface area contributed by atoms with E-state index < -0.39 is 11.0 Å². The Balaban J connectivity index is 1.28. The molecule has 1 saturated carbocycles. The fourth-order valence-electron chi connectivity index (χ4n) is 6.41. The first-order valence-corrected chi connectivity index (χ1v) is 14.0. The van der Waals surface area contributed by atoms with Crippen molar-refractivity contribution in [2.75, 3.05) is 33.2 Å². The van der Waals surface area contributed by atoms with Crippen LogP contribution >= 0.6 is 0 Å². The maximum absolute atomic E-state index is 12.5. The van der Waals surface area contributed by atoms with E-state index in [1.165, 1.54) is 6.42 Å². The molecule has 9 heteroatoms. The van der Waals surface area contributed by atoms with Crippen molar-refractivity contribution in [3.05, 3.63) is 59.7 Å². The number of likely N-dealkylation sites (tertiary alicyclic amines) is 2. The monoisotopic (exact) mass is 531 g/mol. The van der Waals surface area contributed by atoms with Crippen LogP contribution in [0.4, 0.5) is 0 Å². The fourth-order valence-corrected chi connectivity index (χ4v) is 6.41. The average Bonchev–Trinajstić information content (AvgIpc) is 3.40. The van der Waals surface area contributed by atoms with Gasteiger partial charge in [-0.1, -0.05) is 24.2 Å². The van der Waals surface area contributed by atoms with Crippen LogP contribution < -0.4 is 4.74 Å². The summed E-state index contributed by atoms with van der Waals surface area (Å²) in [7, 11) is 2.06. The van der Waals surface area contributed by atoms with Crippen molar-refractivity contribution in [1.82, 2.24) is 24.9 Å². The molecule has 1 aliphatic carbocycles. The molecule has 1 amide bonds. The van der Waals surface area contributed by atoms with Crippen LogP contribution in [0.3, 0.4) is 0 Å². The summed E-state index contributed by atoms with van der Waals surface area (Å²) >= 11 is 0. The van der Waals surface area contributed by atoms with E-state index in [1.807, 2.05) is 35.2 Å². The van der Waals surface area contributed by atoms with Crippen LogP contribution in [-0.2, 0) is 10.4 Å². The minimum atomic E-state index is -1.27. The van der Waals surface area contributed by atoms with Gasteiger partial charge in [-0.15, -0.1) is 0 Å². The number of carbonyl (C=O) groups excluding carboxylic acids is 1. The van der Waals surface area contributed by atoms with Crippen LogP contribution in [-0.4, -0.2) is 75.3 Å². The van der Waals surface area contributed by atoms with Crippen molar-refractivity contribution in [3.8, 4) is 17.1 Å². The fraction of sp³-hybridized carbons (Fsp3) is 0.533. The van der Waals surface area contributed by atoms with Crippen LogP contribution in [0.15, 0.2) is 47.2 Å². The van der Waals surface area contributed by atoms with Crippen LogP contribution in [0.25, 0.3) is 11.4 Å².